The summed E-state index contributed by atoms with van der Waals surface area (Å²) in [5.74, 6) is -0.990. The van der Waals surface area contributed by atoms with Crippen molar-refractivity contribution in [2.24, 2.45) is 0 Å². The summed E-state index contributed by atoms with van der Waals surface area (Å²) in [5.41, 5.74) is 4.19. The summed E-state index contributed by atoms with van der Waals surface area (Å²) in [4.78, 5) is 31.3. The molecular formula is C26H25FN4O2S. The van der Waals surface area contributed by atoms with Crippen LogP contribution in [0.15, 0.2) is 66.7 Å². The predicted molar refractivity (Wildman–Crippen MR) is 136 cm³/mol. The van der Waals surface area contributed by atoms with Gasteiger partial charge in [0.2, 0.25) is 11.8 Å². The highest BCUT2D eigenvalue weighted by atomic mass is 32.1. The lowest BCUT2D eigenvalue weighted by atomic mass is 10.2. The molecule has 1 aromatic heterocycles. The van der Waals surface area contributed by atoms with Crippen molar-refractivity contribution >= 4 is 44.7 Å². The fraction of sp³-hybridized carbons (Fsp3) is 0.192. The highest BCUT2D eigenvalue weighted by molar-refractivity contribution is 7.21. The highest BCUT2D eigenvalue weighted by Crippen LogP contribution is 2.31. The van der Waals surface area contributed by atoms with Crippen LogP contribution in [-0.4, -0.2) is 41.3 Å². The first kappa shape index (κ1) is 23.5. The third-order valence-electron chi connectivity index (χ3n) is 5.49. The minimum atomic E-state index is -0.551. The molecule has 0 fully saturated rings. The number of anilines is 2. The molecule has 0 saturated carbocycles. The van der Waals surface area contributed by atoms with Crippen LogP contribution in [0.2, 0.25) is 0 Å². The van der Waals surface area contributed by atoms with Gasteiger partial charge in [-0.1, -0.05) is 12.1 Å². The Labute approximate surface area is 201 Å². The van der Waals surface area contributed by atoms with Crippen molar-refractivity contribution in [3.63, 3.8) is 0 Å². The van der Waals surface area contributed by atoms with Gasteiger partial charge in [0.25, 0.3) is 0 Å². The molecule has 2 amide bonds. The number of carbonyl (C=O) groups excluding carboxylic acids is 2. The van der Waals surface area contributed by atoms with E-state index in [4.69, 9.17) is 4.98 Å². The van der Waals surface area contributed by atoms with E-state index in [9.17, 15) is 14.0 Å². The molecule has 0 aliphatic heterocycles. The van der Waals surface area contributed by atoms with Crippen LogP contribution in [0.5, 0.6) is 0 Å². The largest absolute Gasteiger partial charge is 0.325 e. The maximum absolute atomic E-state index is 13.3. The number of nitrogens with one attached hydrogen (secondary N) is 2. The average molecular weight is 477 g/mol. The Bertz CT molecular complexity index is 1340. The fourth-order valence-corrected chi connectivity index (χ4v) is 4.50. The second kappa shape index (κ2) is 10.1. The van der Waals surface area contributed by atoms with E-state index in [1.807, 2.05) is 36.4 Å². The third kappa shape index (κ3) is 5.65. The minimum absolute atomic E-state index is 0.0128. The van der Waals surface area contributed by atoms with Crippen molar-refractivity contribution in [2.45, 2.75) is 19.9 Å². The second-order valence-electron chi connectivity index (χ2n) is 8.21. The number of aromatic nitrogens is 1. The predicted octanol–water partition coefficient (Wildman–Crippen LogP) is 5.31. The Kier molecular flexibility index (Phi) is 7.00. The summed E-state index contributed by atoms with van der Waals surface area (Å²) in [6.45, 7) is 3.77. The summed E-state index contributed by atoms with van der Waals surface area (Å²) in [6.07, 6.45) is 0. The molecule has 0 aliphatic carbocycles. The van der Waals surface area contributed by atoms with E-state index in [0.717, 1.165) is 20.8 Å². The zero-order chi connectivity index (χ0) is 24.2. The number of aryl methyl sites for hydroxylation is 1. The number of benzene rings is 3. The first-order valence-corrected chi connectivity index (χ1v) is 11.6. The van der Waals surface area contributed by atoms with Crippen molar-refractivity contribution in [2.75, 3.05) is 24.2 Å². The Morgan fingerprint density at radius 3 is 2.53 bits per heavy atom. The summed E-state index contributed by atoms with van der Waals surface area (Å²) >= 11 is 1.64. The van der Waals surface area contributed by atoms with E-state index in [1.165, 1.54) is 23.8 Å². The summed E-state index contributed by atoms with van der Waals surface area (Å²) < 4.78 is 14.4. The Hall–Kier alpha value is -3.62. The van der Waals surface area contributed by atoms with Crippen LogP contribution in [0.1, 0.15) is 12.5 Å². The zero-order valence-electron chi connectivity index (χ0n) is 19.1. The van der Waals surface area contributed by atoms with Crippen molar-refractivity contribution in [3.8, 4) is 10.6 Å². The lowest BCUT2D eigenvalue weighted by Crippen LogP contribution is -2.43. The normalized spacial score (nSPS) is 12.0. The summed E-state index contributed by atoms with van der Waals surface area (Å²) in [6, 6.07) is 18.9. The van der Waals surface area contributed by atoms with Crippen LogP contribution in [-0.2, 0) is 9.59 Å². The number of likely N-dealkylation sites (N-methyl/N-ethyl adjacent to an activating group) is 1. The molecule has 0 spiro atoms. The SMILES string of the molecule is Cc1ccc2nc(-c3ccc(NC(=O)[C@@H](C)N(C)CC(=O)Nc4cccc(F)c4)cc3)sc2c1. The third-order valence-corrected chi connectivity index (χ3v) is 6.55. The van der Waals surface area contributed by atoms with Crippen LogP contribution in [0.25, 0.3) is 20.8 Å². The number of halogens is 1. The van der Waals surface area contributed by atoms with Gasteiger partial charge in [-0.15, -0.1) is 11.3 Å². The molecule has 6 nitrogen and oxygen atoms in total. The molecular weight excluding hydrogens is 451 g/mol. The Morgan fingerprint density at radius 2 is 1.79 bits per heavy atom. The van der Waals surface area contributed by atoms with E-state index in [0.29, 0.717) is 11.4 Å². The quantitative estimate of drug-likeness (QED) is 0.379. The molecule has 2 N–H and O–H groups in total. The van der Waals surface area contributed by atoms with Crippen molar-refractivity contribution in [3.05, 3.63) is 78.1 Å². The van der Waals surface area contributed by atoms with Gasteiger partial charge in [0, 0.05) is 16.9 Å². The second-order valence-corrected chi connectivity index (χ2v) is 9.24. The molecule has 34 heavy (non-hydrogen) atoms. The molecule has 1 atom stereocenters. The van der Waals surface area contributed by atoms with Gasteiger partial charge in [0.05, 0.1) is 22.8 Å². The molecule has 0 aliphatic rings. The summed E-state index contributed by atoms with van der Waals surface area (Å²) in [7, 11) is 1.69. The van der Waals surface area contributed by atoms with Gasteiger partial charge >= 0.3 is 0 Å². The highest BCUT2D eigenvalue weighted by Gasteiger charge is 2.20. The number of thiazole rings is 1. The van der Waals surface area contributed by atoms with E-state index in [-0.39, 0.29) is 18.4 Å². The Balaban J connectivity index is 1.34. The van der Waals surface area contributed by atoms with E-state index < -0.39 is 11.9 Å². The van der Waals surface area contributed by atoms with Gasteiger partial charge < -0.3 is 10.6 Å². The van der Waals surface area contributed by atoms with Crippen LogP contribution in [0.3, 0.4) is 0 Å². The van der Waals surface area contributed by atoms with Gasteiger partial charge in [-0.25, -0.2) is 9.37 Å². The zero-order valence-corrected chi connectivity index (χ0v) is 19.9. The first-order chi connectivity index (χ1) is 16.3. The molecule has 0 radical (unpaired) electrons. The lowest BCUT2D eigenvalue weighted by molar-refractivity contribution is -0.122. The van der Waals surface area contributed by atoms with Crippen LogP contribution in [0.4, 0.5) is 15.8 Å². The number of rotatable bonds is 7. The van der Waals surface area contributed by atoms with Gasteiger partial charge in [-0.05, 0) is 81.1 Å². The average Bonchev–Trinajstić information content (AvgIpc) is 3.22. The van der Waals surface area contributed by atoms with E-state index in [2.05, 4.69) is 23.6 Å². The topological polar surface area (TPSA) is 74.3 Å². The molecule has 4 aromatic rings. The van der Waals surface area contributed by atoms with Gasteiger partial charge in [0.1, 0.15) is 10.8 Å². The molecule has 174 valence electrons. The maximum Gasteiger partial charge on any atom is 0.241 e. The fourth-order valence-electron chi connectivity index (χ4n) is 3.43. The number of nitrogens with zero attached hydrogens (tertiary/aromatic N) is 2. The lowest BCUT2D eigenvalue weighted by Gasteiger charge is -2.23. The number of hydrogen-bond acceptors (Lipinski definition) is 5. The standard InChI is InChI=1S/C26H25FN4O2S/c1-16-7-12-22-23(13-16)34-26(30-22)18-8-10-20(11-9-18)29-25(33)17(2)31(3)15-24(32)28-21-6-4-5-19(27)14-21/h4-14,17H,15H2,1-3H3,(H,28,32)(H,29,33)/t17-/m1/s1. The van der Waals surface area contributed by atoms with Crippen LogP contribution >= 0.6 is 11.3 Å². The molecule has 1 heterocycles. The van der Waals surface area contributed by atoms with Crippen molar-refractivity contribution in [1.82, 2.24) is 9.88 Å². The van der Waals surface area contributed by atoms with Crippen LogP contribution < -0.4 is 10.6 Å². The molecule has 8 heteroatoms. The van der Waals surface area contributed by atoms with E-state index >= 15 is 0 Å². The van der Waals surface area contributed by atoms with Gasteiger partial charge in [-0.3, -0.25) is 14.5 Å². The molecule has 3 aromatic carbocycles. The molecule has 4 rings (SSSR count). The van der Waals surface area contributed by atoms with Crippen LogP contribution in [0, 0.1) is 12.7 Å². The monoisotopic (exact) mass is 476 g/mol. The van der Waals surface area contributed by atoms with Crippen molar-refractivity contribution < 1.29 is 14.0 Å². The molecule has 0 bridgehead atoms. The Morgan fingerprint density at radius 1 is 1.03 bits per heavy atom. The van der Waals surface area contributed by atoms with Gasteiger partial charge in [0.15, 0.2) is 0 Å². The number of carbonyl (C=O) groups is 2. The van der Waals surface area contributed by atoms with Crippen molar-refractivity contribution in [1.29, 1.82) is 0 Å². The minimum Gasteiger partial charge on any atom is -0.325 e. The molecule has 0 saturated heterocycles. The number of amides is 2. The van der Waals surface area contributed by atoms with E-state index in [1.54, 1.807) is 36.3 Å². The van der Waals surface area contributed by atoms with Gasteiger partial charge in [-0.2, -0.15) is 0 Å². The first-order valence-electron chi connectivity index (χ1n) is 10.8. The molecule has 0 unspecified atom stereocenters. The number of hydrogen-bond donors (Lipinski definition) is 2. The maximum atomic E-state index is 13.3. The summed E-state index contributed by atoms with van der Waals surface area (Å²) in [5, 5.41) is 6.45. The number of fused-ring (bicyclic) bond motifs is 1. The smallest absolute Gasteiger partial charge is 0.241 e.